The van der Waals surface area contributed by atoms with E-state index in [9.17, 15) is 5.11 Å². The van der Waals surface area contributed by atoms with Crippen LogP contribution in [0, 0.1) is 13.8 Å². The molecule has 3 rings (SSSR count). The molecule has 2 heterocycles. The van der Waals surface area contributed by atoms with Gasteiger partial charge in [0.15, 0.2) is 0 Å². The molecule has 0 radical (unpaired) electrons. The molecule has 1 atom stereocenters. The Hall–Kier alpha value is -2.14. The Morgan fingerprint density at radius 3 is 2.70 bits per heavy atom. The molecule has 3 N–H and O–H groups in total. The van der Waals surface area contributed by atoms with Crippen LogP contribution in [0.1, 0.15) is 35.7 Å². The molecule has 1 aromatic heterocycles. The third-order valence-electron chi connectivity index (χ3n) is 4.77. The maximum absolute atomic E-state index is 11.1. The summed E-state index contributed by atoms with van der Waals surface area (Å²) in [7, 11) is 0. The van der Waals surface area contributed by atoms with Gasteiger partial charge in [0, 0.05) is 12.1 Å². The van der Waals surface area contributed by atoms with E-state index in [0.29, 0.717) is 18.9 Å². The Morgan fingerprint density at radius 2 is 2.00 bits per heavy atom. The number of hydrogen-bond acceptors (Lipinski definition) is 5. The van der Waals surface area contributed by atoms with Crippen molar-refractivity contribution in [1.82, 2.24) is 9.97 Å². The fourth-order valence-corrected chi connectivity index (χ4v) is 3.51. The van der Waals surface area contributed by atoms with E-state index in [1.165, 1.54) is 0 Å². The number of nitrogens with zero attached hydrogens (tertiary/aromatic N) is 3. The predicted molar refractivity (Wildman–Crippen MR) is 92.5 cm³/mol. The summed E-state index contributed by atoms with van der Waals surface area (Å²) in [5.74, 6) is 1.15. The van der Waals surface area contributed by atoms with Crippen molar-refractivity contribution in [2.75, 3.05) is 23.7 Å². The lowest BCUT2D eigenvalue weighted by atomic mass is 9.89. The number of anilines is 2. The molecule has 5 nitrogen and oxygen atoms in total. The average Bonchev–Trinajstić information content (AvgIpc) is 2.93. The summed E-state index contributed by atoms with van der Waals surface area (Å²) in [4.78, 5) is 10.9. The van der Waals surface area contributed by atoms with Crippen LogP contribution in [0.25, 0.3) is 0 Å². The third-order valence-corrected chi connectivity index (χ3v) is 4.77. The number of rotatable bonds is 3. The summed E-state index contributed by atoms with van der Waals surface area (Å²) in [5, 5.41) is 11.1. The Bertz CT molecular complexity index is 731. The lowest BCUT2D eigenvalue weighted by molar-refractivity contribution is 0.0600. The van der Waals surface area contributed by atoms with E-state index in [-0.39, 0.29) is 0 Å². The molecule has 0 amide bonds. The van der Waals surface area contributed by atoms with Crippen molar-refractivity contribution < 1.29 is 5.11 Å². The molecular formula is C18H24N4O. The van der Waals surface area contributed by atoms with Crippen LogP contribution in [0.5, 0.6) is 0 Å². The van der Waals surface area contributed by atoms with Gasteiger partial charge in [-0.3, -0.25) is 0 Å². The minimum absolute atomic E-state index is 0.300. The van der Waals surface area contributed by atoms with Crippen molar-refractivity contribution in [2.45, 2.75) is 39.2 Å². The van der Waals surface area contributed by atoms with Gasteiger partial charge in [0.25, 0.3) is 0 Å². The van der Waals surface area contributed by atoms with Crippen molar-refractivity contribution in [1.29, 1.82) is 0 Å². The number of hydrogen-bond donors (Lipinski definition) is 2. The average molecular weight is 312 g/mol. The molecule has 1 aliphatic rings. The number of aliphatic hydroxyl groups is 1. The summed E-state index contributed by atoms with van der Waals surface area (Å²) in [6.45, 7) is 7.41. The van der Waals surface area contributed by atoms with Crippen molar-refractivity contribution in [2.24, 2.45) is 0 Å². The summed E-state index contributed by atoms with van der Waals surface area (Å²) in [6.07, 6.45) is 1.50. The molecular weight excluding hydrogens is 288 g/mol. The Kier molecular flexibility index (Phi) is 3.98. The molecule has 2 aromatic rings. The Morgan fingerprint density at radius 1 is 1.26 bits per heavy atom. The van der Waals surface area contributed by atoms with Crippen LogP contribution in [0.15, 0.2) is 24.3 Å². The first kappa shape index (κ1) is 15.7. The van der Waals surface area contributed by atoms with Gasteiger partial charge in [-0.25, -0.2) is 4.98 Å². The van der Waals surface area contributed by atoms with Gasteiger partial charge >= 0.3 is 0 Å². The van der Waals surface area contributed by atoms with Crippen LogP contribution in [0.3, 0.4) is 0 Å². The molecule has 0 spiro atoms. The summed E-state index contributed by atoms with van der Waals surface area (Å²) >= 11 is 0. The van der Waals surface area contributed by atoms with Gasteiger partial charge in [-0.05, 0) is 37.8 Å². The molecule has 1 fully saturated rings. The van der Waals surface area contributed by atoms with Crippen molar-refractivity contribution >= 4 is 11.8 Å². The predicted octanol–water partition coefficient (Wildman–Crippen LogP) is 2.34. The normalized spacial score (nSPS) is 21.0. The highest BCUT2D eigenvalue weighted by Gasteiger charge is 2.39. The first-order valence-corrected chi connectivity index (χ1v) is 8.11. The highest BCUT2D eigenvalue weighted by molar-refractivity contribution is 5.53. The minimum Gasteiger partial charge on any atom is -0.383 e. The van der Waals surface area contributed by atoms with E-state index in [2.05, 4.69) is 21.8 Å². The molecule has 1 aliphatic heterocycles. The lowest BCUT2D eigenvalue weighted by Crippen LogP contribution is -2.32. The second-order valence-electron chi connectivity index (χ2n) is 6.35. The number of β-amino-alcohol motifs (C(OH)–C–C–N with tert-alkyl or cyclic N) is 1. The highest BCUT2D eigenvalue weighted by Crippen LogP contribution is 2.36. The number of aromatic nitrogens is 2. The maximum atomic E-state index is 11.1. The topological polar surface area (TPSA) is 75.3 Å². The first-order chi connectivity index (χ1) is 10.9. The standard InChI is InChI=1S/C18H24N4O/c1-4-15-13(3)16(21-17(19)20-15)22-10-9-18(23,11-22)14-8-6-5-7-12(14)2/h5-8,23H,4,9-11H2,1-3H3,(H2,19,20,21). The van der Waals surface area contributed by atoms with E-state index in [1.54, 1.807) is 0 Å². The van der Waals surface area contributed by atoms with Crippen LogP contribution in [-0.4, -0.2) is 28.2 Å². The van der Waals surface area contributed by atoms with Crippen molar-refractivity contribution in [3.05, 3.63) is 46.6 Å². The van der Waals surface area contributed by atoms with Crippen LogP contribution in [-0.2, 0) is 12.0 Å². The zero-order valence-electron chi connectivity index (χ0n) is 14.0. The van der Waals surface area contributed by atoms with Gasteiger partial charge in [-0.15, -0.1) is 0 Å². The van der Waals surface area contributed by atoms with Crippen molar-refractivity contribution in [3.63, 3.8) is 0 Å². The van der Waals surface area contributed by atoms with E-state index in [0.717, 1.165) is 41.2 Å². The zero-order chi connectivity index (χ0) is 16.6. The second kappa shape index (κ2) is 5.81. The van der Waals surface area contributed by atoms with Gasteiger partial charge in [0.2, 0.25) is 5.95 Å². The second-order valence-corrected chi connectivity index (χ2v) is 6.35. The molecule has 1 saturated heterocycles. The summed E-state index contributed by atoms with van der Waals surface area (Å²) in [5.41, 5.74) is 9.16. The zero-order valence-corrected chi connectivity index (χ0v) is 14.0. The molecule has 1 aromatic carbocycles. The molecule has 0 bridgehead atoms. The van der Waals surface area contributed by atoms with Crippen LogP contribution in [0.4, 0.5) is 11.8 Å². The Balaban J connectivity index is 1.94. The quantitative estimate of drug-likeness (QED) is 0.910. The number of nitrogens with two attached hydrogens (primary N) is 1. The van der Waals surface area contributed by atoms with Gasteiger partial charge in [-0.2, -0.15) is 4.98 Å². The smallest absolute Gasteiger partial charge is 0.222 e. The van der Waals surface area contributed by atoms with Crippen LogP contribution in [0.2, 0.25) is 0 Å². The number of aryl methyl sites for hydroxylation is 2. The largest absolute Gasteiger partial charge is 0.383 e. The van der Waals surface area contributed by atoms with Crippen LogP contribution >= 0.6 is 0 Å². The van der Waals surface area contributed by atoms with Gasteiger partial charge in [0.1, 0.15) is 11.4 Å². The van der Waals surface area contributed by atoms with E-state index >= 15 is 0 Å². The number of nitrogen functional groups attached to an aromatic ring is 1. The molecule has 1 unspecified atom stereocenters. The first-order valence-electron chi connectivity index (χ1n) is 8.11. The maximum Gasteiger partial charge on any atom is 0.222 e. The van der Waals surface area contributed by atoms with E-state index in [4.69, 9.17) is 5.73 Å². The molecule has 5 heteroatoms. The Labute approximate surface area is 137 Å². The highest BCUT2D eigenvalue weighted by atomic mass is 16.3. The lowest BCUT2D eigenvalue weighted by Gasteiger charge is -2.27. The number of benzene rings is 1. The van der Waals surface area contributed by atoms with E-state index in [1.807, 2.05) is 38.1 Å². The minimum atomic E-state index is -0.843. The van der Waals surface area contributed by atoms with Gasteiger partial charge < -0.3 is 15.7 Å². The van der Waals surface area contributed by atoms with Gasteiger partial charge in [-0.1, -0.05) is 31.2 Å². The monoisotopic (exact) mass is 312 g/mol. The third kappa shape index (κ3) is 2.77. The van der Waals surface area contributed by atoms with E-state index < -0.39 is 5.60 Å². The fraction of sp³-hybridized carbons (Fsp3) is 0.444. The van der Waals surface area contributed by atoms with Crippen molar-refractivity contribution in [3.8, 4) is 0 Å². The molecule has 122 valence electrons. The molecule has 0 saturated carbocycles. The fourth-order valence-electron chi connectivity index (χ4n) is 3.51. The SMILES string of the molecule is CCc1nc(N)nc(N2CCC(O)(c3ccccc3C)C2)c1C. The van der Waals surface area contributed by atoms with Gasteiger partial charge in [0.05, 0.1) is 12.2 Å². The van der Waals surface area contributed by atoms with Crippen LogP contribution < -0.4 is 10.6 Å². The summed E-state index contributed by atoms with van der Waals surface area (Å²) in [6, 6.07) is 8.03. The summed E-state index contributed by atoms with van der Waals surface area (Å²) < 4.78 is 0. The molecule has 23 heavy (non-hydrogen) atoms. The molecule has 0 aliphatic carbocycles.